The summed E-state index contributed by atoms with van der Waals surface area (Å²) in [5.41, 5.74) is -8.07. The molecule has 137 heavy (non-hydrogen) atoms. The zero-order valence-electron chi connectivity index (χ0n) is 90.5. The molecule has 16 atom stereocenters. The van der Waals surface area contributed by atoms with Crippen molar-refractivity contribution in [2.75, 3.05) is 35.0 Å². The molecule has 0 radical (unpaired) electrons. The van der Waals surface area contributed by atoms with Crippen LogP contribution in [0.15, 0.2) is 0 Å². The molecule has 20 fully saturated rings. The van der Waals surface area contributed by atoms with E-state index < -0.39 is 89.7 Å². The van der Waals surface area contributed by atoms with Crippen LogP contribution in [0.25, 0.3) is 0 Å². The summed E-state index contributed by atoms with van der Waals surface area (Å²) in [4.78, 5) is 97.3. The van der Waals surface area contributed by atoms with Crippen molar-refractivity contribution in [3.63, 3.8) is 0 Å². The molecule has 786 valence electrons. The maximum Gasteiger partial charge on any atom is 0.312 e. The summed E-state index contributed by atoms with van der Waals surface area (Å²) in [5, 5.41) is 21.3. The highest BCUT2D eigenvalue weighted by molar-refractivity contribution is 5.80. The van der Waals surface area contributed by atoms with Crippen LogP contribution in [0.5, 0.6) is 0 Å². The monoisotopic (exact) mass is 1940 g/mol. The van der Waals surface area contributed by atoms with Gasteiger partial charge in [0.2, 0.25) is 0 Å². The van der Waals surface area contributed by atoms with Crippen LogP contribution in [0.2, 0.25) is 0 Å². The smallest absolute Gasteiger partial charge is 0.312 e. The number of fused-ring (bicyclic) bond motifs is 1. The van der Waals surface area contributed by atoms with Crippen LogP contribution in [0.4, 0.5) is 0 Å². The fourth-order valence-corrected chi connectivity index (χ4v) is 27.0. The molecule has 2 N–H and O–H groups in total. The van der Waals surface area contributed by atoms with E-state index in [-0.39, 0.29) is 156 Å². The van der Waals surface area contributed by atoms with Crippen LogP contribution in [0, 0.1) is 103 Å². The summed E-state index contributed by atoms with van der Waals surface area (Å²) in [6.07, 6.45) is 24.3. The number of carbonyl (C=O) groups is 8. The number of esters is 8. The summed E-state index contributed by atoms with van der Waals surface area (Å²) < 4.78 is 101. The average Bonchev–Trinajstić information content (AvgIpc) is 1.46. The molecule has 18 bridgehead atoms. The van der Waals surface area contributed by atoms with Gasteiger partial charge in [-0.15, -0.1) is 0 Å². The number of hydrogen-bond acceptors (Lipinski definition) is 27. The Morgan fingerprint density at radius 2 is 0.664 bits per heavy atom. The van der Waals surface area contributed by atoms with Gasteiger partial charge in [0.15, 0.2) is 37.4 Å². The number of methoxy groups -OCH3 is 4. The fraction of sp³-hybridized carbons (Fsp3) is 0.927. The SMILES string of the molecule is CCC(C)(C)C(=O)OC(C)(C)C12CC3CC(CC(C3)C1)C2.CCC(C)(C)C(=O)OC12CC3CC(O)(CC(O)(C3)C1)C2.CCC(C)(C)C(=O)OC12CC3CC(OC(OC)C(C)C)(C1)CC(OC(OC)C(C)C)(C3)C2.CCC(C)(C)C(=O)OC12CC3CC(OC(OC)C(C)C)(C1)CC(OC(OC)C(C)C)(C3)C2.CCC(C)(C)C(=O)OC1C2CC3C(=O)OC1C3O2.CCC(C)(C)C(=O)OC1COC(=O)C1. The van der Waals surface area contributed by atoms with Gasteiger partial charge in [-0.05, 0) is 274 Å². The molecule has 16 aliphatic carbocycles. The van der Waals surface area contributed by atoms with Crippen molar-refractivity contribution in [1.82, 2.24) is 0 Å². The summed E-state index contributed by atoms with van der Waals surface area (Å²) in [6.45, 7) is 56.5. The van der Waals surface area contributed by atoms with Crippen molar-refractivity contribution in [2.24, 2.45) is 103 Å². The molecule has 4 aliphatic heterocycles. The van der Waals surface area contributed by atoms with Gasteiger partial charge in [0.25, 0.3) is 0 Å². The van der Waals surface area contributed by atoms with Crippen molar-refractivity contribution >= 4 is 47.8 Å². The van der Waals surface area contributed by atoms with Gasteiger partial charge in [0, 0.05) is 115 Å². The van der Waals surface area contributed by atoms with Crippen LogP contribution in [-0.4, -0.2) is 205 Å². The van der Waals surface area contributed by atoms with Gasteiger partial charge in [0.05, 0.1) is 84.5 Å². The Morgan fingerprint density at radius 1 is 0.365 bits per heavy atom. The van der Waals surface area contributed by atoms with E-state index in [0.717, 1.165) is 114 Å². The lowest BCUT2D eigenvalue weighted by atomic mass is 9.46. The molecule has 16 unspecified atom stereocenters. The fourth-order valence-electron chi connectivity index (χ4n) is 27.0. The van der Waals surface area contributed by atoms with Gasteiger partial charge in [-0.3, -0.25) is 38.4 Å². The molecule has 0 spiro atoms. The minimum Gasteiger partial charge on any atom is -0.462 e. The Morgan fingerprint density at radius 3 is 0.971 bits per heavy atom. The molecule has 27 nitrogen and oxygen atoms in total. The number of aliphatic hydroxyl groups is 2. The highest BCUT2D eigenvalue weighted by Gasteiger charge is 2.72. The molecule has 20 aliphatic rings. The Hall–Kier alpha value is -4.68. The zero-order chi connectivity index (χ0) is 102. The highest BCUT2D eigenvalue weighted by atomic mass is 16.7. The number of carbonyl (C=O) groups excluding carboxylic acids is 8. The largest absolute Gasteiger partial charge is 0.462 e. The second kappa shape index (κ2) is 41.7. The lowest BCUT2D eigenvalue weighted by Gasteiger charge is -2.65. The Balaban J connectivity index is 0.000000161. The number of cyclic esters (lactones) is 1. The third-order valence-electron chi connectivity index (χ3n) is 35.7. The first-order chi connectivity index (χ1) is 63.3. The van der Waals surface area contributed by atoms with Gasteiger partial charge < -0.3 is 90.7 Å². The first kappa shape index (κ1) is 113. The first-order valence-corrected chi connectivity index (χ1v) is 53.0. The predicted octanol–water partition coefficient (Wildman–Crippen LogP) is 20.4. The molecule has 0 aromatic heterocycles. The minimum atomic E-state index is -0.842. The van der Waals surface area contributed by atoms with E-state index in [1.54, 1.807) is 28.4 Å². The molecule has 4 saturated heterocycles. The standard InChI is InChI=1S/2C26H46O6.C19H32O2.C16H26O4.C13H18O5.C10H16O4/c2*1-10-23(6,7)22(27)32-26-13-19-11-24(15-26,30-20(28-8)17(2)3)14-25(12-19,16-26)31-21(29-9)18(4)5;1-6-17(2,3)16(20)21-18(4,5)19-10-13-7-14(11-19)9-15(8-13)12-19;1-4-13(2,3)12(17)20-16-7-11-5-14(18,9-16)8-15(19,6-11)10-16;1-4-13(2,3)12(15)18-9-7-5-6-8(16-7)10(9)17-11(6)14;1-4-10(2,3)9(12)14-7-5-8(11)13-6-7/h2*17-21H,10-16H2,1-9H3;13-15H,6-12H2,1-5H3;11,18-19H,4-10H2,1-3H3;6-10H,4-5H2,1-3H3;7H,4-6H2,1-3H3. The zero-order valence-corrected chi connectivity index (χ0v) is 90.5. The third kappa shape index (κ3) is 24.8. The molecule has 4 heterocycles. The van der Waals surface area contributed by atoms with E-state index in [4.69, 9.17) is 80.5 Å². The topological polar surface area (TPSA) is 334 Å². The first-order valence-electron chi connectivity index (χ1n) is 53.0. The Kier molecular flexibility index (Phi) is 34.3. The van der Waals surface area contributed by atoms with Crippen molar-refractivity contribution in [3.8, 4) is 0 Å². The van der Waals surface area contributed by atoms with E-state index in [9.17, 15) is 48.6 Å². The molecule has 27 heteroatoms. The molecular formula is C110H184O27. The van der Waals surface area contributed by atoms with Gasteiger partial charge in [-0.2, -0.15) is 0 Å². The number of hydrogen-bond donors (Lipinski definition) is 2. The number of rotatable bonds is 35. The minimum absolute atomic E-state index is 0.00857. The van der Waals surface area contributed by atoms with Crippen LogP contribution in [0.3, 0.4) is 0 Å². The highest BCUT2D eigenvalue weighted by Crippen LogP contribution is 2.69. The molecule has 16 saturated carbocycles. The number of ether oxygens (including phenoxy) is 17. The van der Waals surface area contributed by atoms with E-state index in [0.29, 0.717) is 76.0 Å². The van der Waals surface area contributed by atoms with Crippen molar-refractivity contribution in [3.05, 3.63) is 0 Å². The lowest BCUT2D eigenvalue weighted by molar-refractivity contribution is -0.344. The van der Waals surface area contributed by atoms with Crippen LogP contribution in [0.1, 0.15) is 399 Å². The Labute approximate surface area is 821 Å². The van der Waals surface area contributed by atoms with Crippen LogP contribution < -0.4 is 0 Å². The summed E-state index contributed by atoms with van der Waals surface area (Å²) >= 11 is 0. The van der Waals surface area contributed by atoms with E-state index in [1.807, 2.05) is 118 Å². The second-order valence-corrected chi connectivity index (χ2v) is 52.0. The maximum atomic E-state index is 13.2. The molecule has 0 amide bonds. The average molecular weight is 1940 g/mol. The molecule has 0 aromatic carbocycles. The lowest BCUT2D eigenvalue weighted by Crippen LogP contribution is -2.69. The van der Waals surface area contributed by atoms with E-state index in [2.05, 4.69) is 76.2 Å². The summed E-state index contributed by atoms with van der Waals surface area (Å²) in [6, 6.07) is 0. The van der Waals surface area contributed by atoms with Gasteiger partial charge >= 0.3 is 47.8 Å². The van der Waals surface area contributed by atoms with E-state index >= 15 is 0 Å². The van der Waals surface area contributed by atoms with Gasteiger partial charge in [-0.25, -0.2) is 0 Å². The van der Waals surface area contributed by atoms with E-state index in [1.165, 1.54) is 38.5 Å². The normalized spacial score (nSPS) is 37.2. The summed E-state index contributed by atoms with van der Waals surface area (Å²) in [7, 11) is 6.82. The Bertz CT molecular complexity index is 3950. The van der Waals surface area contributed by atoms with Crippen molar-refractivity contribution in [1.29, 1.82) is 0 Å². The maximum absolute atomic E-state index is 13.2. The van der Waals surface area contributed by atoms with Gasteiger partial charge in [0.1, 0.15) is 41.2 Å². The van der Waals surface area contributed by atoms with Crippen LogP contribution in [-0.2, 0) is 119 Å². The van der Waals surface area contributed by atoms with Gasteiger partial charge in [-0.1, -0.05) is 96.9 Å². The van der Waals surface area contributed by atoms with Crippen LogP contribution >= 0.6 is 0 Å². The molecular weight excluding hydrogens is 1750 g/mol. The van der Waals surface area contributed by atoms with Crippen molar-refractivity contribution < 1.29 is 129 Å². The summed E-state index contributed by atoms with van der Waals surface area (Å²) in [5.74, 6) is 3.05. The molecule has 0 aromatic rings. The predicted molar refractivity (Wildman–Crippen MR) is 515 cm³/mol. The van der Waals surface area contributed by atoms with Crippen molar-refractivity contribution in [2.45, 2.75) is 511 Å². The quantitative estimate of drug-likeness (QED) is 0.0338. The molecule has 20 rings (SSSR count). The third-order valence-corrected chi connectivity index (χ3v) is 35.7. The second-order valence-electron chi connectivity index (χ2n) is 52.0.